The number of nitrogens with two attached hydrogens (primary N) is 4. The van der Waals surface area contributed by atoms with E-state index < -0.39 is 0 Å². The third kappa shape index (κ3) is 6.54. The minimum atomic E-state index is 0.105. The Morgan fingerprint density at radius 3 is 1.92 bits per heavy atom. The molecule has 0 heterocycles. The summed E-state index contributed by atoms with van der Waals surface area (Å²) >= 11 is 0. The van der Waals surface area contributed by atoms with E-state index in [1.165, 1.54) is 0 Å². The maximum absolute atomic E-state index is 5.81. The van der Waals surface area contributed by atoms with Crippen molar-refractivity contribution in [1.82, 2.24) is 0 Å². The maximum atomic E-state index is 5.81. The van der Waals surface area contributed by atoms with Gasteiger partial charge in [0.15, 0.2) is 0 Å². The Balaban J connectivity index is 3.24. The first-order chi connectivity index (χ1) is 5.70. The van der Waals surface area contributed by atoms with Crippen LogP contribution in [-0.2, 0) is 0 Å². The highest BCUT2D eigenvalue weighted by Gasteiger charge is 2.04. The average molecular weight is 174 g/mol. The molecule has 2 unspecified atom stereocenters. The first-order valence-corrected chi connectivity index (χ1v) is 4.62. The van der Waals surface area contributed by atoms with Crippen LogP contribution in [-0.4, -0.2) is 25.2 Å². The van der Waals surface area contributed by atoms with Crippen molar-refractivity contribution in [2.75, 3.05) is 13.1 Å². The quantitative estimate of drug-likeness (QED) is 0.402. The van der Waals surface area contributed by atoms with Crippen LogP contribution in [0.5, 0.6) is 0 Å². The molecule has 4 heteroatoms. The Labute approximate surface area is 74.7 Å². The molecule has 0 radical (unpaired) electrons. The van der Waals surface area contributed by atoms with Crippen molar-refractivity contribution in [3.63, 3.8) is 0 Å². The maximum Gasteiger partial charge on any atom is 0.0163 e. The molecule has 0 aromatic rings. The summed E-state index contributed by atoms with van der Waals surface area (Å²) in [6.07, 6.45) is 3.87. The SMILES string of the molecule is NCCCC(N)CCC(N)CN. The molecule has 0 aromatic heterocycles. The third-order valence-electron chi connectivity index (χ3n) is 1.99. The normalized spacial score (nSPS) is 16.0. The summed E-state index contributed by atoms with van der Waals surface area (Å²) in [5, 5.41) is 0. The number of hydrogen-bond acceptors (Lipinski definition) is 4. The van der Waals surface area contributed by atoms with Gasteiger partial charge >= 0.3 is 0 Å². The van der Waals surface area contributed by atoms with E-state index in [-0.39, 0.29) is 12.1 Å². The smallest absolute Gasteiger partial charge is 0.0163 e. The summed E-state index contributed by atoms with van der Waals surface area (Å²) in [6, 6.07) is 0.347. The van der Waals surface area contributed by atoms with Gasteiger partial charge < -0.3 is 22.9 Å². The van der Waals surface area contributed by atoms with Gasteiger partial charge in [-0.1, -0.05) is 0 Å². The molecule has 0 fully saturated rings. The van der Waals surface area contributed by atoms with Crippen LogP contribution in [0.2, 0.25) is 0 Å². The lowest BCUT2D eigenvalue weighted by atomic mass is 10.0. The summed E-state index contributed by atoms with van der Waals surface area (Å²) < 4.78 is 0. The molecule has 0 saturated heterocycles. The Morgan fingerprint density at radius 2 is 1.42 bits per heavy atom. The van der Waals surface area contributed by atoms with Crippen LogP contribution < -0.4 is 22.9 Å². The van der Waals surface area contributed by atoms with E-state index in [0.717, 1.165) is 32.2 Å². The van der Waals surface area contributed by atoms with Gasteiger partial charge in [0.25, 0.3) is 0 Å². The molecule has 0 aromatic carbocycles. The minimum absolute atomic E-state index is 0.105. The predicted octanol–water partition coefficient (Wildman–Crippen LogP) is -0.881. The molecule has 2 atom stereocenters. The number of hydrogen-bond donors (Lipinski definition) is 4. The highest BCUT2D eigenvalue weighted by atomic mass is 14.7. The molecular formula is C8H22N4. The molecule has 0 amide bonds. The fourth-order valence-electron chi connectivity index (χ4n) is 1.07. The van der Waals surface area contributed by atoms with Crippen molar-refractivity contribution in [2.45, 2.75) is 37.8 Å². The van der Waals surface area contributed by atoms with E-state index in [1.807, 2.05) is 0 Å². The average Bonchev–Trinajstić information content (AvgIpc) is 2.10. The van der Waals surface area contributed by atoms with Crippen LogP contribution in [0.1, 0.15) is 25.7 Å². The second-order valence-corrected chi connectivity index (χ2v) is 3.26. The molecule has 0 spiro atoms. The molecule has 0 saturated carbocycles. The van der Waals surface area contributed by atoms with E-state index in [0.29, 0.717) is 6.54 Å². The van der Waals surface area contributed by atoms with Gasteiger partial charge in [0.1, 0.15) is 0 Å². The van der Waals surface area contributed by atoms with Crippen molar-refractivity contribution in [3.05, 3.63) is 0 Å². The van der Waals surface area contributed by atoms with Gasteiger partial charge in [-0.15, -0.1) is 0 Å². The second kappa shape index (κ2) is 7.49. The van der Waals surface area contributed by atoms with Gasteiger partial charge in [-0.25, -0.2) is 0 Å². The van der Waals surface area contributed by atoms with Crippen LogP contribution in [0.4, 0.5) is 0 Å². The van der Waals surface area contributed by atoms with Crippen LogP contribution in [0.15, 0.2) is 0 Å². The summed E-state index contributed by atoms with van der Waals surface area (Å²) in [5.74, 6) is 0. The zero-order chi connectivity index (χ0) is 9.40. The van der Waals surface area contributed by atoms with Crippen LogP contribution >= 0.6 is 0 Å². The van der Waals surface area contributed by atoms with Crippen molar-refractivity contribution in [1.29, 1.82) is 0 Å². The van der Waals surface area contributed by atoms with Crippen LogP contribution in [0.25, 0.3) is 0 Å². The van der Waals surface area contributed by atoms with Gasteiger partial charge in [-0.05, 0) is 32.2 Å². The van der Waals surface area contributed by atoms with E-state index in [1.54, 1.807) is 0 Å². The fraction of sp³-hybridized carbons (Fsp3) is 1.00. The summed E-state index contributed by atoms with van der Waals surface area (Å²) in [4.78, 5) is 0. The highest BCUT2D eigenvalue weighted by molar-refractivity contribution is 4.68. The number of rotatable bonds is 7. The lowest BCUT2D eigenvalue weighted by Crippen LogP contribution is -2.32. The summed E-state index contributed by atoms with van der Waals surface area (Å²) in [5.41, 5.74) is 22.2. The fourth-order valence-corrected chi connectivity index (χ4v) is 1.07. The zero-order valence-electron chi connectivity index (χ0n) is 7.71. The first kappa shape index (κ1) is 11.8. The molecule has 0 aliphatic rings. The van der Waals surface area contributed by atoms with Gasteiger partial charge in [0, 0.05) is 18.6 Å². The van der Waals surface area contributed by atoms with Crippen molar-refractivity contribution in [2.24, 2.45) is 22.9 Å². The standard InChI is InChI=1S/C8H22N4/c9-5-1-2-7(11)3-4-8(12)6-10/h7-8H,1-6,9-12H2. The highest BCUT2D eigenvalue weighted by Crippen LogP contribution is 2.02. The molecular weight excluding hydrogens is 152 g/mol. The monoisotopic (exact) mass is 174 g/mol. The van der Waals surface area contributed by atoms with E-state index >= 15 is 0 Å². The van der Waals surface area contributed by atoms with Crippen molar-refractivity contribution in [3.8, 4) is 0 Å². The van der Waals surface area contributed by atoms with Crippen LogP contribution in [0, 0.1) is 0 Å². The predicted molar refractivity (Wildman–Crippen MR) is 52.5 cm³/mol. The molecule has 8 N–H and O–H groups in total. The second-order valence-electron chi connectivity index (χ2n) is 3.26. The molecule has 4 nitrogen and oxygen atoms in total. The lowest BCUT2D eigenvalue weighted by Gasteiger charge is -2.13. The van der Waals surface area contributed by atoms with E-state index in [9.17, 15) is 0 Å². The van der Waals surface area contributed by atoms with E-state index in [2.05, 4.69) is 0 Å². The largest absolute Gasteiger partial charge is 0.330 e. The lowest BCUT2D eigenvalue weighted by molar-refractivity contribution is 0.492. The van der Waals surface area contributed by atoms with Gasteiger partial charge in [0.05, 0.1) is 0 Å². The molecule has 0 aliphatic heterocycles. The first-order valence-electron chi connectivity index (χ1n) is 4.62. The topological polar surface area (TPSA) is 104 Å². The molecule has 74 valence electrons. The van der Waals surface area contributed by atoms with Crippen LogP contribution in [0.3, 0.4) is 0 Å². The summed E-state index contributed by atoms with van der Waals surface area (Å²) in [6.45, 7) is 1.26. The Morgan fingerprint density at radius 1 is 0.833 bits per heavy atom. The molecule has 12 heavy (non-hydrogen) atoms. The Hall–Kier alpha value is -0.160. The van der Waals surface area contributed by atoms with E-state index in [4.69, 9.17) is 22.9 Å². The van der Waals surface area contributed by atoms with Gasteiger partial charge in [-0.3, -0.25) is 0 Å². The van der Waals surface area contributed by atoms with Gasteiger partial charge in [0.2, 0.25) is 0 Å². The zero-order valence-corrected chi connectivity index (χ0v) is 7.71. The minimum Gasteiger partial charge on any atom is -0.330 e. The molecule has 0 aliphatic carbocycles. The van der Waals surface area contributed by atoms with Crippen molar-refractivity contribution >= 4 is 0 Å². The molecule has 0 rings (SSSR count). The third-order valence-corrected chi connectivity index (χ3v) is 1.99. The molecule has 0 bridgehead atoms. The Kier molecular flexibility index (Phi) is 7.39. The van der Waals surface area contributed by atoms with Gasteiger partial charge in [-0.2, -0.15) is 0 Å². The summed E-state index contributed by atoms with van der Waals surface area (Å²) in [7, 11) is 0. The van der Waals surface area contributed by atoms with Crippen molar-refractivity contribution < 1.29 is 0 Å². The Bertz CT molecular complexity index is 97.1.